The van der Waals surface area contributed by atoms with Crippen LogP contribution in [0.3, 0.4) is 0 Å². The molecule has 2 saturated heterocycles. The summed E-state index contributed by atoms with van der Waals surface area (Å²) in [5.74, 6) is 0.204. The summed E-state index contributed by atoms with van der Waals surface area (Å²) in [6.45, 7) is 6.84. The van der Waals surface area contributed by atoms with E-state index < -0.39 is 30.4 Å². The van der Waals surface area contributed by atoms with Crippen molar-refractivity contribution in [3.63, 3.8) is 0 Å². The van der Waals surface area contributed by atoms with Gasteiger partial charge < -0.3 is 46.4 Å². The molecular formula is C33H48N10O5. The van der Waals surface area contributed by atoms with Crippen molar-refractivity contribution in [3.8, 4) is 0 Å². The van der Waals surface area contributed by atoms with Crippen LogP contribution in [0, 0.1) is 0 Å². The van der Waals surface area contributed by atoms with Crippen molar-refractivity contribution >= 4 is 28.8 Å². The van der Waals surface area contributed by atoms with Gasteiger partial charge in [0.15, 0.2) is 29.3 Å². The number of carbonyl (C=O) groups is 2. The normalized spacial score (nSPS) is 25.3. The van der Waals surface area contributed by atoms with Crippen LogP contribution in [0.2, 0.25) is 0 Å². The van der Waals surface area contributed by atoms with Gasteiger partial charge >= 0.3 is 0 Å². The van der Waals surface area contributed by atoms with E-state index in [4.69, 9.17) is 4.74 Å². The van der Waals surface area contributed by atoms with E-state index in [1.807, 2.05) is 17.0 Å². The number of aliphatic hydroxyl groups is 2. The molecule has 0 radical (unpaired) electrons. The second-order valence-electron chi connectivity index (χ2n) is 12.6. The molecule has 4 heterocycles. The Bertz CT molecular complexity index is 1510. The van der Waals surface area contributed by atoms with Gasteiger partial charge in [-0.25, -0.2) is 15.0 Å². The lowest BCUT2D eigenvalue weighted by molar-refractivity contribution is -0.137. The van der Waals surface area contributed by atoms with Gasteiger partial charge in [-0.2, -0.15) is 0 Å². The molecule has 48 heavy (non-hydrogen) atoms. The fourth-order valence-electron chi connectivity index (χ4n) is 6.69. The van der Waals surface area contributed by atoms with Gasteiger partial charge in [0, 0.05) is 65.3 Å². The maximum Gasteiger partial charge on any atom is 0.252 e. The molecule has 0 bridgehead atoms. The quantitative estimate of drug-likeness (QED) is 0.142. The summed E-state index contributed by atoms with van der Waals surface area (Å²) in [7, 11) is 0. The van der Waals surface area contributed by atoms with Crippen molar-refractivity contribution in [1.82, 2.24) is 45.7 Å². The molecule has 3 aromatic rings. The summed E-state index contributed by atoms with van der Waals surface area (Å²) in [5.41, 5.74) is 3.47. The fraction of sp³-hybridized carbons (Fsp3) is 0.606. The van der Waals surface area contributed by atoms with Crippen molar-refractivity contribution in [2.45, 2.75) is 69.1 Å². The zero-order valence-electron chi connectivity index (χ0n) is 27.3. The summed E-state index contributed by atoms with van der Waals surface area (Å²) in [4.78, 5) is 41.1. The van der Waals surface area contributed by atoms with E-state index in [0.717, 1.165) is 65.0 Å². The largest absolute Gasteiger partial charge is 0.387 e. The third-order valence-electron chi connectivity index (χ3n) is 9.37. The zero-order valence-corrected chi connectivity index (χ0v) is 27.3. The minimum Gasteiger partial charge on any atom is -0.387 e. The molecule has 1 aliphatic carbocycles. The van der Waals surface area contributed by atoms with Gasteiger partial charge in [0.25, 0.3) is 5.91 Å². The van der Waals surface area contributed by atoms with Crippen LogP contribution >= 0.6 is 0 Å². The molecule has 0 saturated carbocycles. The zero-order chi connectivity index (χ0) is 33.3. The van der Waals surface area contributed by atoms with Crippen molar-refractivity contribution in [3.05, 3.63) is 48.0 Å². The molecule has 7 N–H and O–H groups in total. The molecule has 0 spiro atoms. The Morgan fingerprint density at radius 2 is 1.67 bits per heavy atom. The van der Waals surface area contributed by atoms with Crippen molar-refractivity contribution in [2.75, 3.05) is 64.2 Å². The van der Waals surface area contributed by atoms with Crippen LogP contribution in [-0.2, 0) is 20.7 Å². The third kappa shape index (κ3) is 8.10. The standard InChI is InChI=1S/C33H48N10O5/c44-25(42-18-16-35-14-12-34-13-15-36-17-19-42)8-2-1-5-11-37-32(47)29-27(45)28(46)33(48-29)43-21-40-26-30(38-20-39-31(26)43)41-24-10-9-22-6-3-4-7-23(22)24/h3-4,6-7,20-21,24,27-29,33-36,45-46H,1-2,5,8-19H2,(H,37,47)(H,38,39,41)/t24?,27-,28+,29-,33+/m0/s1. The average molecular weight is 665 g/mol. The number of anilines is 1. The predicted octanol–water partition coefficient (Wildman–Crippen LogP) is -0.167. The van der Waals surface area contributed by atoms with Gasteiger partial charge in [-0.1, -0.05) is 30.7 Å². The van der Waals surface area contributed by atoms with E-state index in [9.17, 15) is 19.8 Å². The highest BCUT2D eigenvalue weighted by molar-refractivity contribution is 5.84. The van der Waals surface area contributed by atoms with Crippen LogP contribution in [0.5, 0.6) is 0 Å². The number of imidazole rings is 1. The lowest BCUT2D eigenvalue weighted by Gasteiger charge is -2.24. The minimum atomic E-state index is -1.43. The first-order valence-electron chi connectivity index (χ1n) is 17.2. The molecular weight excluding hydrogens is 616 g/mol. The maximum absolute atomic E-state index is 13.0. The first kappa shape index (κ1) is 34.1. The number of fused-ring (bicyclic) bond motifs is 2. The Hall–Kier alpha value is -3.73. The van der Waals surface area contributed by atoms with Gasteiger partial charge in [-0.3, -0.25) is 14.2 Å². The number of amides is 2. The number of nitrogens with one attached hydrogen (secondary N) is 5. The SMILES string of the molecule is O=C(NCCCCCC(=O)N1CCNCCNCCNCC1)[C@H]1O[C@@H](n2cnc3c(NC4CCc5ccccc54)ncnc32)[C@H](O)[C@@H]1O. The number of aryl methyl sites for hydroxylation is 1. The Labute approximate surface area is 280 Å². The molecule has 2 fully saturated rings. The lowest BCUT2D eigenvalue weighted by Crippen LogP contribution is -2.44. The van der Waals surface area contributed by atoms with Crippen LogP contribution < -0.4 is 26.6 Å². The van der Waals surface area contributed by atoms with E-state index in [0.29, 0.717) is 49.5 Å². The fourth-order valence-corrected chi connectivity index (χ4v) is 6.69. The number of hydrogen-bond donors (Lipinski definition) is 7. The van der Waals surface area contributed by atoms with Gasteiger partial charge in [0.05, 0.1) is 12.4 Å². The number of aliphatic hydroxyl groups excluding tert-OH is 2. The third-order valence-corrected chi connectivity index (χ3v) is 9.37. The molecule has 2 aromatic heterocycles. The maximum atomic E-state index is 13.0. The first-order chi connectivity index (χ1) is 23.5. The predicted molar refractivity (Wildman–Crippen MR) is 179 cm³/mol. The smallest absolute Gasteiger partial charge is 0.252 e. The van der Waals surface area contributed by atoms with Gasteiger partial charge in [-0.05, 0) is 36.8 Å². The number of unbranched alkanes of at least 4 members (excludes halogenated alkanes) is 2. The summed E-state index contributed by atoms with van der Waals surface area (Å²) < 4.78 is 7.45. The molecule has 6 rings (SSSR count). The van der Waals surface area contributed by atoms with Crippen LogP contribution in [0.25, 0.3) is 11.2 Å². The van der Waals surface area contributed by atoms with Crippen molar-refractivity contribution in [1.29, 1.82) is 0 Å². The summed E-state index contributed by atoms with van der Waals surface area (Å²) in [6.07, 6.45) is 2.32. The number of benzene rings is 1. The molecule has 5 atom stereocenters. The highest BCUT2D eigenvalue weighted by atomic mass is 16.6. The Kier molecular flexibility index (Phi) is 11.8. The number of hydrogen-bond acceptors (Lipinski definition) is 12. The molecule has 1 unspecified atom stereocenters. The summed E-state index contributed by atoms with van der Waals surface area (Å²) in [6, 6.07) is 8.41. The number of nitrogens with zero attached hydrogens (tertiary/aromatic N) is 5. The monoisotopic (exact) mass is 664 g/mol. The van der Waals surface area contributed by atoms with Crippen molar-refractivity contribution < 1.29 is 24.5 Å². The second kappa shape index (κ2) is 16.6. The van der Waals surface area contributed by atoms with E-state index in [2.05, 4.69) is 53.7 Å². The van der Waals surface area contributed by atoms with Gasteiger partial charge in [-0.15, -0.1) is 0 Å². The van der Waals surface area contributed by atoms with Crippen LogP contribution in [0.1, 0.15) is 55.5 Å². The van der Waals surface area contributed by atoms with E-state index >= 15 is 0 Å². The first-order valence-corrected chi connectivity index (χ1v) is 17.2. The molecule has 2 aliphatic heterocycles. The molecule has 1 aromatic carbocycles. The van der Waals surface area contributed by atoms with Crippen LogP contribution in [0.15, 0.2) is 36.9 Å². The second-order valence-corrected chi connectivity index (χ2v) is 12.6. The number of carbonyl (C=O) groups excluding carboxylic acids is 2. The van der Waals surface area contributed by atoms with E-state index in [-0.39, 0.29) is 11.9 Å². The van der Waals surface area contributed by atoms with Gasteiger partial charge in [0.1, 0.15) is 18.5 Å². The molecule has 15 nitrogen and oxygen atoms in total. The van der Waals surface area contributed by atoms with E-state index in [1.54, 1.807) is 0 Å². The van der Waals surface area contributed by atoms with Crippen LogP contribution in [-0.4, -0.2) is 124 Å². The molecule has 3 aliphatic rings. The Morgan fingerprint density at radius 1 is 0.917 bits per heavy atom. The average Bonchev–Trinajstić information content (AvgIpc) is 3.79. The molecule has 15 heteroatoms. The molecule has 2 amide bonds. The van der Waals surface area contributed by atoms with Gasteiger partial charge in [0.2, 0.25) is 5.91 Å². The number of aromatic nitrogens is 4. The summed E-state index contributed by atoms with van der Waals surface area (Å²) >= 11 is 0. The van der Waals surface area contributed by atoms with E-state index in [1.165, 1.54) is 28.3 Å². The minimum absolute atomic E-state index is 0.0916. The highest BCUT2D eigenvalue weighted by Crippen LogP contribution is 2.36. The topological polar surface area (TPSA) is 191 Å². The number of ether oxygens (including phenoxy) is 1. The van der Waals surface area contributed by atoms with Crippen LogP contribution in [0.4, 0.5) is 5.82 Å². The Balaban J connectivity index is 0.962. The molecule has 260 valence electrons. The van der Waals surface area contributed by atoms with Crippen molar-refractivity contribution in [2.24, 2.45) is 0 Å². The summed E-state index contributed by atoms with van der Waals surface area (Å²) in [5, 5.41) is 38.1. The lowest BCUT2D eigenvalue weighted by atomic mass is 10.1. The Morgan fingerprint density at radius 3 is 2.46 bits per heavy atom. The number of rotatable bonds is 10. The highest BCUT2D eigenvalue weighted by Gasteiger charge is 2.47.